The summed E-state index contributed by atoms with van der Waals surface area (Å²) in [6, 6.07) is 35.5. The van der Waals surface area contributed by atoms with Crippen molar-refractivity contribution in [3.8, 4) is 11.1 Å². The summed E-state index contributed by atoms with van der Waals surface area (Å²) in [6.45, 7) is 4.50. The average Bonchev–Trinajstić information content (AvgIpc) is 2.79. The van der Waals surface area contributed by atoms with Gasteiger partial charge in [-0.2, -0.15) is 0 Å². The molecular formula is C30H22. The summed E-state index contributed by atoms with van der Waals surface area (Å²) < 4.78 is 0. The van der Waals surface area contributed by atoms with E-state index >= 15 is 0 Å². The molecule has 0 amide bonds. The lowest BCUT2D eigenvalue weighted by atomic mass is 9.86. The number of hydrogen-bond donors (Lipinski definition) is 0. The lowest BCUT2D eigenvalue weighted by Gasteiger charge is -2.17. The van der Waals surface area contributed by atoms with Crippen molar-refractivity contribution in [3.63, 3.8) is 0 Å². The van der Waals surface area contributed by atoms with E-state index < -0.39 is 0 Å². The molecule has 0 nitrogen and oxygen atoms in total. The molecular weight excluding hydrogens is 360 g/mol. The quantitative estimate of drug-likeness (QED) is 0.250. The van der Waals surface area contributed by atoms with E-state index in [-0.39, 0.29) is 0 Å². The molecule has 6 rings (SSSR count). The molecule has 0 saturated heterocycles. The number of hydrogen-bond acceptors (Lipinski definition) is 0. The molecule has 0 radical (unpaired) electrons. The van der Waals surface area contributed by atoms with Crippen LogP contribution in [0.15, 0.2) is 97.1 Å². The van der Waals surface area contributed by atoms with E-state index in [0.29, 0.717) is 0 Å². The van der Waals surface area contributed by atoms with Crippen molar-refractivity contribution in [1.29, 1.82) is 0 Å². The van der Waals surface area contributed by atoms with Gasteiger partial charge in [0.05, 0.1) is 0 Å². The van der Waals surface area contributed by atoms with Crippen molar-refractivity contribution in [2.24, 2.45) is 0 Å². The van der Waals surface area contributed by atoms with Gasteiger partial charge in [-0.15, -0.1) is 0 Å². The summed E-state index contributed by atoms with van der Waals surface area (Å²) in [4.78, 5) is 0. The largest absolute Gasteiger partial charge is 0.0622 e. The predicted octanol–water partition coefficient (Wildman–Crippen LogP) is 8.58. The minimum absolute atomic E-state index is 1.27. The first kappa shape index (κ1) is 17.2. The van der Waals surface area contributed by atoms with E-state index in [1.807, 2.05) is 0 Å². The minimum Gasteiger partial charge on any atom is -0.0622 e. The van der Waals surface area contributed by atoms with Crippen molar-refractivity contribution in [1.82, 2.24) is 0 Å². The van der Waals surface area contributed by atoms with Crippen LogP contribution in [0.2, 0.25) is 0 Å². The highest BCUT2D eigenvalue weighted by Gasteiger charge is 2.15. The van der Waals surface area contributed by atoms with Gasteiger partial charge in [0.15, 0.2) is 0 Å². The third-order valence-corrected chi connectivity index (χ3v) is 6.45. The predicted molar refractivity (Wildman–Crippen MR) is 131 cm³/mol. The number of fused-ring (bicyclic) bond motifs is 8. The standard InChI is InChI=1S/C30H22/c1-19-9-8-14-26-28(19)29-20(2)17-23(21-10-4-3-5-11-21)18-27(29)25-16-15-22-12-6-7-13-24(22)30(25)26/h3-18H,1-2H3. The van der Waals surface area contributed by atoms with E-state index in [9.17, 15) is 0 Å². The molecule has 6 aromatic rings. The summed E-state index contributed by atoms with van der Waals surface area (Å²) in [7, 11) is 0. The third-order valence-electron chi connectivity index (χ3n) is 6.45. The van der Waals surface area contributed by atoms with E-state index in [1.54, 1.807) is 0 Å². The first-order valence-corrected chi connectivity index (χ1v) is 10.5. The Morgan fingerprint density at radius 2 is 1.13 bits per heavy atom. The zero-order valence-electron chi connectivity index (χ0n) is 17.2. The van der Waals surface area contributed by atoms with Crippen LogP contribution in [-0.2, 0) is 0 Å². The van der Waals surface area contributed by atoms with Gasteiger partial charge < -0.3 is 0 Å². The van der Waals surface area contributed by atoms with Crippen LogP contribution < -0.4 is 0 Å². The topological polar surface area (TPSA) is 0 Å². The van der Waals surface area contributed by atoms with E-state index in [1.165, 1.54) is 65.3 Å². The Bertz CT molecular complexity index is 1590. The number of benzene rings is 6. The molecule has 0 N–H and O–H groups in total. The summed E-state index contributed by atoms with van der Waals surface area (Å²) in [5.74, 6) is 0. The first-order valence-electron chi connectivity index (χ1n) is 10.5. The fraction of sp³-hybridized carbons (Fsp3) is 0.0667. The molecule has 0 fully saturated rings. The molecule has 0 aromatic heterocycles. The van der Waals surface area contributed by atoms with Gasteiger partial charge in [0.2, 0.25) is 0 Å². The highest BCUT2D eigenvalue weighted by molar-refractivity contribution is 6.32. The molecule has 30 heavy (non-hydrogen) atoms. The molecule has 0 bridgehead atoms. The minimum atomic E-state index is 1.27. The Morgan fingerprint density at radius 1 is 0.400 bits per heavy atom. The number of rotatable bonds is 1. The first-order chi connectivity index (χ1) is 14.7. The zero-order valence-corrected chi connectivity index (χ0v) is 17.2. The molecule has 6 aromatic carbocycles. The molecule has 142 valence electrons. The third kappa shape index (κ3) is 2.40. The van der Waals surface area contributed by atoms with Crippen molar-refractivity contribution >= 4 is 43.1 Å². The summed E-state index contributed by atoms with van der Waals surface area (Å²) in [5, 5.41) is 10.8. The van der Waals surface area contributed by atoms with Crippen LogP contribution in [-0.4, -0.2) is 0 Å². The van der Waals surface area contributed by atoms with Crippen LogP contribution in [0.1, 0.15) is 11.1 Å². The van der Waals surface area contributed by atoms with Crippen LogP contribution in [0.25, 0.3) is 54.2 Å². The molecule has 0 aliphatic rings. The van der Waals surface area contributed by atoms with Gasteiger partial charge in [-0.25, -0.2) is 0 Å². The van der Waals surface area contributed by atoms with E-state index in [0.717, 1.165) is 0 Å². The molecule has 0 atom stereocenters. The average molecular weight is 383 g/mol. The molecule has 0 aliphatic heterocycles. The van der Waals surface area contributed by atoms with Gasteiger partial charge in [-0.3, -0.25) is 0 Å². The molecule has 0 aliphatic carbocycles. The Labute approximate surface area is 176 Å². The Balaban J connectivity index is 1.91. The van der Waals surface area contributed by atoms with Crippen LogP contribution in [0.5, 0.6) is 0 Å². The second kappa shape index (κ2) is 6.43. The van der Waals surface area contributed by atoms with Crippen molar-refractivity contribution < 1.29 is 0 Å². The number of aryl methyl sites for hydroxylation is 2. The zero-order chi connectivity index (χ0) is 20.2. The molecule has 0 spiro atoms. The summed E-state index contributed by atoms with van der Waals surface area (Å²) in [6.07, 6.45) is 0. The maximum Gasteiger partial charge on any atom is -0.00203 e. The highest BCUT2D eigenvalue weighted by atomic mass is 14.2. The van der Waals surface area contributed by atoms with Gasteiger partial charge in [-0.05, 0) is 85.3 Å². The van der Waals surface area contributed by atoms with Crippen LogP contribution in [0.4, 0.5) is 0 Å². The van der Waals surface area contributed by atoms with Gasteiger partial charge in [-0.1, -0.05) is 91.0 Å². The molecule has 0 unspecified atom stereocenters. The maximum atomic E-state index is 2.39. The van der Waals surface area contributed by atoms with Gasteiger partial charge in [0.1, 0.15) is 0 Å². The highest BCUT2D eigenvalue weighted by Crippen LogP contribution is 2.42. The van der Waals surface area contributed by atoms with Gasteiger partial charge in [0, 0.05) is 0 Å². The lowest BCUT2D eigenvalue weighted by Crippen LogP contribution is -1.91. The fourth-order valence-corrected chi connectivity index (χ4v) is 5.12. The lowest BCUT2D eigenvalue weighted by molar-refractivity contribution is 1.51. The second-order valence-electron chi connectivity index (χ2n) is 8.29. The van der Waals surface area contributed by atoms with Crippen molar-refractivity contribution in [3.05, 3.63) is 108 Å². The summed E-state index contributed by atoms with van der Waals surface area (Å²) in [5.41, 5.74) is 5.22. The van der Waals surface area contributed by atoms with Gasteiger partial charge in [0.25, 0.3) is 0 Å². The fourth-order valence-electron chi connectivity index (χ4n) is 5.12. The SMILES string of the molecule is Cc1cc(-c2ccccc2)cc2c3ccc4ccccc4c3c3cccc(C)c3c12. The van der Waals surface area contributed by atoms with Crippen molar-refractivity contribution in [2.75, 3.05) is 0 Å². The normalized spacial score (nSPS) is 11.7. The maximum absolute atomic E-state index is 2.39. The summed E-state index contributed by atoms with van der Waals surface area (Å²) >= 11 is 0. The van der Waals surface area contributed by atoms with Crippen LogP contribution in [0, 0.1) is 13.8 Å². The van der Waals surface area contributed by atoms with E-state index in [4.69, 9.17) is 0 Å². The molecule has 0 saturated carbocycles. The monoisotopic (exact) mass is 382 g/mol. The second-order valence-corrected chi connectivity index (χ2v) is 8.29. The van der Waals surface area contributed by atoms with E-state index in [2.05, 4.69) is 111 Å². The molecule has 0 heteroatoms. The van der Waals surface area contributed by atoms with Crippen LogP contribution >= 0.6 is 0 Å². The van der Waals surface area contributed by atoms with Gasteiger partial charge >= 0.3 is 0 Å². The Kier molecular flexibility index (Phi) is 3.70. The molecule has 0 heterocycles. The Hall–Kier alpha value is -3.64. The Morgan fingerprint density at radius 3 is 2.00 bits per heavy atom. The smallest absolute Gasteiger partial charge is 0.00203 e. The van der Waals surface area contributed by atoms with Crippen LogP contribution in [0.3, 0.4) is 0 Å². The van der Waals surface area contributed by atoms with Crippen molar-refractivity contribution in [2.45, 2.75) is 13.8 Å².